The van der Waals surface area contributed by atoms with Crippen molar-refractivity contribution in [2.75, 3.05) is 13.4 Å². The molecule has 0 saturated heterocycles. The van der Waals surface area contributed by atoms with Crippen molar-refractivity contribution in [3.8, 4) is 0 Å². The molecule has 0 N–H and O–H groups in total. The van der Waals surface area contributed by atoms with E-state index in [-0.39, 0.29) is 10.5 Å². The molecule has 0 radical (unpaired) electrons. The Hall–Kier alpha value is -2.02. The monoisotopic (exact) mass is 285 g/mol. The number of esters is 1. The van der Waals surface area contributed by atoms with E-state index in [0.717, 1.165) is 0 Å². The standard InChI is InChI=1S/C12H12FNO4S/c1-8(13)11(15)14-19(3,17)10-6-4-5-9(7-10)12(16)18-2/h4-7H,1H2,2-3H3. The van der Waals surface area contributed by atoms with Gasteiger partial charge >= 0.3 is 11.9 Å². The van der Waals surface area contributed by atoms with Gasteiger partial charge in [-0.2, -0.15) is 4.36 Å². The Kier molecular flexibility index (Phi) is 4.55. The number of halogens is 1. The Morgan fingerprint density at radius 1 is 1.42 bits per heavy atom. The lowest BCUT2D eigenvalue weighted by molar-refractivity contribution is -0.115. The van der Waals surface area contributed by atoms with Crippen molar-refractivity contribution < 1.29 is 22.9 Å². The molecule has 0 bridgehead atoms. The van der Waals surface area contributed by atoms with Crippen LogP contribution in [0.1, 0.15) is 10.4 Å². The Morgan fingerprint density at radius 2 is 2.05 bits per heavy atom. The fourth-order valence-corrected chi connectivity index (χ4v) is 2.43. The highest BCUT2D eigenvalue weighted by atomic mass is 32.2. The molecule has 19 heavy (non-hydrogen) atoms. The highest BCUT2D eigenvalue weighted by Gasteiger charge is 2.14. The lowest BCUT2D eigenvalue weighted by atomic mass is 10.2. The number of methoxy groups -OCH3 is 1. The second kappa shape index (κ2) is 5.75. The van der Waals surface area contributed by atoms with Crippen molar-refractivity contribution in [3.63, 3.8) is 0 Å². The first-order valence-corrected chi connectivity index (χ1v) is 6.99. The molecule has 1 unspecified atom stereocenters. The molecule has 5 nitrogen and oxygen atoms in total. The maximum absolute atomic E-state index is 12.6. The van der Waals surface area contributed by atoms with E-state index < -0.39 is 27.4 Å². The molecule has 0 heterocycles. The van der Waals surface area contributed by atoms with Crippen LogP contribution in [-0.4, -0.2) is 29.5 Å². The second-order valence-corrected chi connectivity index (χ2v) is 5.88. The molecule has 1 amide bonds. The van der Waals surface area contributed by atoms with Crippen LogP contribution in [0.3, 0.4) is 0 Å². The predicted octanol–water partition coefficient (Wildman–Crippen LogP) is 1.94. The van der Waals surface area contributed by atoms with E-state index in [9.17, 15) is 18.2 Å². The summed E-state index contributed by atoms with van der Waals surface area (Å²) >= 11 is 0. The van der Waals surface area contributed by atoms with Crippen LogP contribution in [0.4, 0.5) is 4.39 Å². The number of rotatable bonds is 3. The van der Waals surface area contributed by atoms with Crippen molar-refractivity contribution in [2.24, 2.45) is 4.36 Å². The van der Waals surface area contributed by atoms with Gasteiger partial charge in [0.1, 0.15) is 0 Å². The summed E-state index contributed by atoms with van der Waals surface area (Å²) in [5.74, 6) is -3.19. The fourth-order valence-electron chi connectivity index (χ4n) is 1.24. The first-order chi connectivity index (χ1) is 8.77. The van der Waals surface area contributed by atoms with E-state index in [1.807, 2.05) is 0 Å². The van der Waals surface area contributed by atoms with Gasteiger partial charge in [-0.05, 0) is 18.2 Å². The molecule has 0 fully saturated rings. The maximum Gasteiger partial charge on any atom is 0.337 e. The van der Waals surface area contributed by atoms with Gasteiger partial charge in [-0.1, -0.05) is 12.6 Å². The quantitative estimate of drug-likeness (QED) is 0.628. The smallest absolute Gasteiger partial charge is 0.337 e. The second-order valence-electron chi connectivity index (χ2n) is 3.62. The topological polar surface area (TPSA) is 72.8 Å². The van der Waals surface area contributed by atoms with Crippen molar-refractivity contribution in [1.29, 1.82) is 0 Å². The van der Waals surface area contributed by atoms with Gasteiger partial charge in [0, 0.05) is 11.2 Å². The van der Waals surface area contributed by atoms with Crippen molar-refractivity contribution in [3.05, 3.63) is 42.2 Å². The number of amides is 1. The third-order valence-corrected chi connectivity index (χ3v) is 3.82. The Bertz CT molecular complexity index is 659. The van der Waals surface area contributed by atoms with Crippen LogP contribution in [0.15, 0.2) is 45.9 Å². The number of carbonyl (C=O) groups excluding carboxylic acids is 2. The summed E-state index contributed by atoms with van der Waals surface area (Å²) in [7, 11) is -1.94. The summed E-state index contributed by atoms with van der Waals surface area (Å²) in [6.45, 7) is 2.78. The van der Waals surface area contributed by atoms with Crippen LogP contribution < -0.4 is 0 Å². The SMILES string of the molecule is C=C(F)C(=O)N=S(C)(=O)c1cccc(C(=O)OC)c1. The summed E-state index contributed by atoms with van der Waals surface area (Å²) in [5.41, 5.74) is 0.163. The zero-order valence-electron chi connectivity index (χ0n) is 10.4. The van der Waals surface area contributed by atoms with Crippen LogP contribution >= 0.6 is 0 Å². The summed E-state index contributed by atoms with van der Waals surface area (Å²) in [6.07, 6.45) is 1.17. The van der Waals surface area contributed by atoms with Crippen LogP contribution in [0.25, 0.3) is 0 Å². The number of benzene rings is 1. The average Bonchev–Trinajstić information content (AvgIpc) is 2.37. The minimum Gasteiger partial charge on any atom is -0.465 e. The Labute approximate surface area is 110 Å². The van der Waals surface area contributed by atoms with Gasteiger partial charge in [-0.3, -0.25) is 4.79 Å². The van der Waals surface area contributed by atoms with Crippen LogP contribution in [0.2, 0.25) is 0 Å². The molecule has 0 aliphatic rings. The first kappa shape index (κ1) is 15.0. The highest BCUT2D eigenvalue weighted by Crippen LogP contribution is 2.15. The summed E-state index contributed by atoms with van der Waals surface area (Å²) < 4.78 is 32.6. The van der Waals surface area contributed by atoms with Gasteiger partial charge in [0.05, 0.1) is 22.4 Å². The number of nitrogens with zero attached hydrogens (tertiary/aromatic N) is 1. The van der Waals surface area contributed by atoms with Gasteiger partial charge in [-0.15, -0.1) is 0 Å². The molecule has 1 aromatic rings. The number of ether oxygens (including phenoxy) is 1. The molecule has 0 aromatic heterocycles. The number of carbonyl (C=O) groups is 2. The third-order valence-electron chi connectivity index (χ3n) is 2.18. The van der Waals surface area contributed by atoms with Gasteiger partial charge in [0.15, 0.2) is 5.83 Å². The number of hydrogen-bond acceptors (Lipinski definition) is 4. The first-order valence-electron chi connectivity index (χ1n) is 5.07. The minimum absolute atomic E-state index is 0.130. The normalized spacial score (nSPS) is 13.2. The zero-order valence-corrected chi connectivity index (χ0v) is 11.2. The van der Waals surface area contributed by atoms with Crippen molar-refractivity contribution in [2.45, 2.75) is 4.90 Å². The summed E-state index contributed by atoms with van der Waals surface area (Å²) in [4.78, 5) is 22.6. The largest absolute Gasteiger partial charge is 0.465 e. The molecule has 1 aromatic carbocycles. The molecule has 0 saturated carbocycles. The zero-order chi connectivity index (χ0) is 14.6. The minimum atomic E-state index is -3.15. The van der Waals surface area contributed by atoms with Crippen LogP contribution in [0, 0.1) is 0 Å². The molecular weight excluding hydrogens is 273 g/mol. The summed E-state index contributed by atoms with van der Waals surface area (Å²) in [6, 6.07) is 5.63. The lowest BCUT2D eigenvalue weighted by Crippen LogP contribution is -2.06. The fraction of sp³-hybridized carbons (Fsp3) is 0.167. The Morgan fingerprint density at radius 3 is 2.58 bits per heavy atom. The number of hydrogen-bond donors (Lipinski definition) is 0. The molecule has 0 spiro atoms. The van der Waals surface area contributed by atoms with Crippen molar-refractivity contribution >= 4 is 21.6 Å². The molecule has 1 rings (SSSR count). The van der Waals surface area contributed by atoms with Crippen LogP contribution in [-0.2, 0) is 19.3 Å². The molecule has 0 aliphatic heterocycles. The van der Waals surface area contributed by atoms with Gasteiger partial charge < -0.3 is 4.74 Å². The van der Waals surface area contributed by atoms with Gasteiger partial charge in [0.25, 0.3) is 0 Å². The summed E-state index contributed by atoms with van der Waals surface area (Å²) in [5, 5.41) is 0. The van der Waals surface area contributed by atoms with Crippen molar-refractivity contribution in [1.82, 2.24) is 0 Å². The van der Waals surface area contributed by atoms with E-state index in [4.69, 9.17) is 0 Å². The van der Waals surface area contributed by atoms with E-state index in [1.54, 1.807) is 0 Å². The maximum atomic E-state index is 12.6. The Balaban J connectivity index is 3.30. The third kappa shape index (κ3) is 3.72. The van der Waals surface area contributed by atoms with Gasteiger partial charge in [0.2, 0.25) is 0 Å². The molecule has 102 valence electrons. The van der Waals surface area contributed by atoms with E-state index >= 15 is 0 Å². The highest BCUT2D eigenvalue weighted by molar-refractivity contribution is 7.93. The molecular formula is C12H12FNO4S. The van der Waals surface area contributed by atoms with E-state index in [1.165, 1.54) is 37.6 Å². The molecule has 7 heteroatoms. The van der Waals surface area contributed by atoms with E-state index in [2.05, 4.69) is 15.7 Å². The predicted molar refractivity (Wildman–Crippen MR) is 67.8 cm³/mol. The average molecular weight is 285 g/mol. The molecule has 0 aliphatic carbocycles. The van der Waals surface area contributed by atoms with Gasteiger partial charge in [-0.25, -0.2) is 13.4 Å². The molecule has 1 atom stereocenters. The van der Waals surface area contributed by atoms with Crippen LogP contribution in [0.5, 0.6) is 0 Å². The lowest BCUT2D eigenvalue weighted by Gasteiger charge is -2.05. The van der Waals surface area contributed by atoms with E-state index in [0.29, 0.717) is 0 Å².